The number of hydrogen-bond acceptors (Lipinski definition) is 5. The summed E-state index contributed by atoms with van der Waals surface area (Å²) >= 11 is 0. The van der Waals surface area contributed by atoms with Crippen LogP contribution < -0.4 is 34.7 Å². The molecule has 6 heteroatoms. The van der Waals surface area contributed by atoms with E-state index < -0.39 is 11.9 Å². The molecule has 0 unspecified atom stereocenters. The van der Waals surface area contributed by atoms with E-state index in [2.05, 4.69) is 14.7 Å². The average Bonchev–Trinajstić information content (AvgIpc) is 2.14. The predicted molar refractivity (Wildman–Crippen MR) is 23.4 cm³/mol. The van der Waals surface area contributed by atoms with Crippen molar-refractivity contribution >= 4 is 5.97 Å². The van der Waals surface area contributed by atoms with Crippen LogP contribution in [-0.4, -0.2) is 16.1 Å². The van der Waals surface area contributed by atoms with Gasteiger partial charge in [-0.05, 0) is 6.92 Å². The molecule has 1 rings (SSSR count). The maximum absolute atomic E-state index is 9.91. The summed E-state index contributed by atoms with van der Waals surface area (Å²) in [4.78, 5) is 13.3. The van der Waals surface area contributed by atoms with E-state index in [1.165, 1.54) is 6.92 Å². The van der Waals surface area contributed by atoms with Crippen LogP contribution in [0.4, 0.5) is 0 Å². The Balaban J connectivity index is 0.000000810. The largest absolute Gasteiger partial charge is 1.00 e. The van der Waals surface area contributed by atoms with Gasteiger partial charge in [-0.25, -0.2) is 0 Å². The minimum Gasteiger partial charge on any atom is -0.540 e. The van der Waals surface area contributed by atoms with Crippen LogP contribution in [0.2, 0.25) is 0 Å². The van der Waals surface area contributed by atoms with E-state index in [9.17, 15) is 9.90 Å². The molecule has 0 N–H and O–H groups in total. The monoisotopic (exact) mass is 150 g/mol. The standard InChI is InChI=1S/C4H4N2O3.Na/c1-2-5-3(4(7)8)9-6-2;/h1H3,(H,7,8);/q;+1/p-1. The molecule has 0 aromatic carbocycles. The van der Waals surface area contributed by atoms with E-state index in [-0.39, 0.29) is 35.4 Å². The summed E-state index contributed by atoms with van der Waals surface area (Å²) in [6.45, 7) is 1.52. The number of aromatic nitrogens is 2. The molecular formula is C4H3N2NaO3. The minimum absolute atomic E-state index is 0. The summed E-state index contributed by atoms with van der Waals surface area (Å²) in [5.41, 5.74) is 0. The maximum atomic E-state index is 9.91. The zero-order valence-electron chi connectivity index (χ0n) is 5.62. The predicted octanol–water partition coefficient (Wildman–Crippen LogP) is -4.25. The normalized spacial score (nSPS) is 8.50. The average molecular weight is 150 g/mol. The Kier molecular flexibility index (Phi) is 3.55. The maximum Gasteiger partial charge on any atom is 1.00 e. The molecule has 0 bridgehead atoms. The van der Waals surface area contributed by atoms with Crippen LogP contribution >= 0.6 is 0 Å². The second-order valence-electron chi connectivity index (χ2n) is 1.43. The summed E-state index contributed by atoms with van der Waals surface area (Å²) in [5, 5.41) is 13.1. The zero-order chi connectivity index (χ0) is 6.85. The molecule has 48 valence electrons. The van der Waals surface area contributed by atoms with E-state index in [1.54, 1.807) is 0 Å². The Morgan fingerprint density at radius 3 is 2.50 bits per heavy atom. The van der Waals surface area contributed by atoms with Gasteiger partial charge in [0, 0.05) is 0 Å². The second-order valence-corrected chi connectivity index (χ2v) is 1.43. The van der Waals surface area contributed by atoms with E-state index in [0.29, 0.717) is 0 Å². The number of aromatic carboxylic acids is 1. The number of aryl methyl sites for hydroxylation is 1. The van der Waals surface area contributed by atoms with E-state index in [0.717, 1.165) is 0 Å². The molecule has 1 aromatic heterocycles. The molecule has 5 nitrogen and oxygen atoms in total. The Bertz CT molecular complexity index is 234. The van der Waals surface area contributed by atoms with Gasteiger partial charge in [0.25, 0.3) is 5.89 Å². The summed E-state index contributed by atoms with van der Waals surface area (Å²) < 4.78 is 4.20. The Morgan fingerprint density at radius 1 is 1.70 bits per heavy atom. The van der Waals surface area contributed by atoms with Gasteiger partial charge in [0.15, 0.2) is 5.82 Å². The number of carboxylic acid groups (broad SMARTS) is 1. The molecule has 0 aliphatic carbocycles. The molecule has 0 atom stereocenters. The van der Waals surface area contributed by atoms with Crippen molar-refractivity contribution in [1.29, 1.82) is 0 Å². The first-order valence-corrected chi connectivity index (χ1v) is 2.22. The fourth-order valence-electron chi connectivity index (χ4n) is 0.380. The molecule has 1 heterocycles. The number of carbonyl (C=O) groups excluding carboxylic acids is 1. The third-order valence-corrected chi connectivity index (χ3v) is 0.702. The topological polar surface area (TPSA) is 79.0 Å². The number of nitrogens with zero attached hydrogens (tertiary/aromatic N) is 2. The van der Waals surface area contributed by atoms with Gasteiger partial charge < -0.3 is 14.4 Å². The number of hydrogen-bond donors (Lipinski definition) is 0. The van der Waals surface area contributed by atoms with Crippen molar-refractivity contribution in [3.8, 4) is 0 Å². The summed E-state index contributed by atoms with van der Waals surface area (Å²) in [7, 11) is 0. The Hall–Kier alpha value is -0.390. The molecule has 0 spiro atoms. The molecule has 0 fully saturated rings. The minimum atomic E-state index is -1.45. The summed E-state index contributed by atoms with van der Waals surface area (Å²) in [6.07, 6.45) is 0. The Morgan fingerprint density at radius 2 is 2.30 bits per heavy atom. The van der Waals surface area contributed by atoms with Gasteiger partial charge in [-0.2, -0.15) is 4.98 Å². The molecule has 0 radical (unpaired) electrons. The fourth-order valence-corrected chi connectivity index (χ4v) is 0.380. The van der Waals surface area contributed by atoms with E-state index in [4.69, 9.17) is 0 Å². The van der Waals surface area contributed by atoms with Gasteiger partial charge in [-0.3, -0.25) is 0 Å². The van der Waals surface area contributed by atoms with Gasteiger partial charge in [0.05, 0.1) is 0 Å². The molecule has 10 heavy (non-hydrogen) atoms. The van der Waals surface area contributed by atoms with Crippen LogP contribution in [0, 0.1) is 6.92 Å². The molecule has 0 amide bonds. The fraction of sp³-hybridized carbons (Fsp3) is 0.250. The number of rotatable bonds is 1. The molecule has 1 aromatic rings. The zero-order valence-corrected chi connectivity index (χ0v) is 7.62. The van der Waals surface area contributed by atoms with E-state index in [1.807, 2.05) is 0 Å². The number of carboxylic acids is 1. The van der Waals surface area contributed by atoms with Crippen molar-refractivity contribution in [2.75, 3.05) is 0 Å². The van der Waals surface area contributed by atoms with Crippen LogP contribution in [0.5, 0.6) is 0 Å². The van der Waals surface area contributed by atoms with Gasteiger partial charge in [-0.15, -0.1) is 0 Å². The van der Waals surface area contributed by atoms with Gasteiger partial charge in [0.2, 0.25) is 0 Å². The molecule has 0 saturated carbocycles. The van der Waals surface area contributed by atoms with Crippen molar-refractivity contribution in [1.82, 2.24) is 10.1 Å². The van der Waals surface area contributed by atoms with Crippen LogP contribution in [0.15, 0.2) is 4.52 Å². The van der Waals surface area contributed by atoms with Crippen LogP contribution in [0.25, 0.3) is 0 Å². The SMILES string of the molecule is Cc1noc(C(=O)[O-])n1.[Na+]. The van der Waals surface area contributed by atoms with Crippen LogP contribution in [0.3, 0.4) is 0 Å². The second kappa shape index (κ2) is 3.70. The smallest absolute Gasteiger partial charge is 0.540 e. The summed E-state index contributed by atoms with van der Waals surface area (Å²) in [5.74, 6) is -1.64. The summed E-state index contributed by atoms with van der Waals surface area (Å²) in [6, 6.07) is 0. The molecule has 0 aliphatic heterocycles. The van der Waals surface area contributed by atoms with Gasteiger partial charge in [-0.1, -0.05) is 5.16 Å². The molecule has 0 saturated heterocycles. The van der Waals surface area contributed by atoms with Crippen LogP contribution in [0.1, 0.15) is 16.5 Å². The molecular weight excluding hydrogens is 147 g/mol. The van der Waals surface area contributed by atoms with Gasteiger partial charge in [0.1, 0.15) is 5.97 Å². The first kappa shape index (κ1) is 9.61. The van der Waals surface area contributed by atoms with Crippen molar-refractivity contribution in [2.24, 2.45) is 0 Å². The third kappa shape index (κ3) is 2.09. The van der Waals surface area contributed by atoms with Crippen molar-refractivity contribution in [3.05, 3.63) is 11.7 Å². The van der Waals surface area contributed by atoms with Gasteiger partial charge >= 0.3 is 29.6 Å². The first-order chi connectivity index (χ1) is 4.20. The van der Waals surface area contributed by atoms with Crippen LogP contribution in [-0.2, 0) is 0 Å². The number of carbonyl (C=O) groups is 1. The first-order valence-electron chi connectivity index (χ1n) is 2.22. The van der Waals surface area contributed by atoms with Crippen molar-refractivity contribution < 1.29 is 44.0 Å². The van der Waals surface area contributed by atoms with Crippen molar-refractivity contribution in [2.45, 2.75) is 6.92 Å². The third-order valence-electron chi connectivity index (χ3n) is 0.702. The quantitative estimate of drug-likeness (QED) is 0.379. The van der Waals surface area contributed by atoms with E-state index >= 15 is 0 Å². The Labute approximate surface area is 78.7 Å². The van der Waals surface area contributed by atoms with Crippen molar-refractivity contribution in [3.63, 3.8) is 0 Å². The molecule has 0 aliphatic rings.